The van der Waals surface area contributed by atoms with Crippen molar-refractivity contribution in [1.82, 2.24) is 15.1 Å². The lowest BCUT2D eigenvalue weighted by molar-refractivity contribution is -0.121. The molecule has 2 aromatic rings. The molecule has 29 heavy (non-hydrogen) atoms. The average Bonchev–Trinajstić information content (AvgIpc) is 3.34. The van der Waals surface area contributed by atoms with Crippen molar-refractivity contribution in [3.05, 3.63) is 70.8 Å². The van der Waals surface area contributed by atoms with Gasteiger partial charge in [-0.3, -0.25) is 24.2 Å². The molecule has 0 bridgehead atoms. The summed E-state index contributed by atoms with van der Waals surface area (Å²) in [5, 5.41) is 2.95. The van der Waals surface area contributed by atoms with E-state index < -0.39 is 11.8 Å². The molecule has 2 aliphatic heterocycles. The largest absolute Gasteiger partial charge is 0.353 e. The fourth-order valence-corrected chi connectivity index (χ4v) is 4.24. The van der Waals surface area contributed by atoms with Gasteiger partial charge >= 0.3 is 0 Å². The van der Waals surface area contributed by atoms with Gasteiger partial charge in [0.1, 0.15) is 6.54 Å². The van der Waals surface area contributed by atoms with Crippen molar-refractivity contribution in [2.24, 2.45) is 0 Å². The summed E-state index contributed by atoms with van der Waals surface area (Å²) in [5.41, 5.74) is 3.12. The number of hydrogen-bond donors (Lipinski definition) is 1. The highest BCUT2D eigenvalue weighted by atomic mass is 16.2. The van der Waals surface area contributed by atoms with Gasteiger partial charge in [0, 0.05) is 6.54 Å². The summed E-state index contributed by atoms with van der Waals surface area (Å²) in [6.45, 7) is 4.29. The molecule has 2 aromatic carbocycles. The Hall–Kier alpha value is -2.99. The number of rotatable bonds is 6. The molecule has 0 spiro atoms. The fraction of sp³-hybridized carbons (Fsp3) is 0.348. The summed E-state index contributed by atoms with van der Waals surface area (Å²) in [5.74, 6) is -1.14. The number of aryl methyl sites for hydroxylation is 1. The highest BCUT2D eigenvalue weighted by molar-refractivity contribution is 6.22. The van der Waals surface area contributed by atoms with Crippen molar-refractivity contribution >= 4 is 17.7 Å². The predicted molar refractivity (Wildman–Crippen MR) is 110 cm³/mol. The second-order valence-electron chi connectivity index (χ2n) is 7.66. The van der Waals surface area contributed by atoms with Crippen LogP contribution in [-0.4, -0.2) is 53.7 Å². The van der Waals surface area contributed by atoms with Crippen LogP contribution in [0.5, 0.6) is 0 Å². The zero-order chi connectivity index (χ0) is 20.4. The molecule has 2 heterocycles. The number of fused-ring (bicyclic) bond motifs is 1. The van der Waals surface area contributed by atoms with Gasteiger partial charge < -0.3 is 5.32 Å². The SMILES string of the molecule is Cc1ccccc1C(CNC(=O)CN1C(=O)c2ccccc2C1=O)N1CCCC1. The number of likely N-dealkylation sites (tertiary alicyclic amines) is 1. The number of carbonyl (C=O) groups excluding carboxylic acids is 3. The molecule has 0 radical (unpaired) electrons. The molecule has 4 rings (SSSR count). The van der Waals surface area contributed by atoms with Gasteiger partial charge in [-0.1, -0.05) is 36.4 Å². The number of imide groups is 1. The van der Waals surface area contributed by atoms with Crippen LogP contribution in [0.25, 0.3) is 0 Å². The van der Waals surface area contributed by atoms with Crippen LogP contribution in [0.2, 0.25) is 0 Å². The molecule has 1 fully saturated rings. The maximum absolute atomic E-state index is 12.6. The topological polar surface area (TPSA) is 69.7 Å². The lowest BCUT2D eigenvalue weighted by atomic mass is 10.00. The lowest BCUT2D eigenvalue weighted by Gasteiger charge is -2.29. The van der Waals surface area contributed by atoms with Gasteiger partial charge in [-0.25, -0.2) is 0 Å². The molecule has 3 amide bonds. The van der Waals surface area contributed by atoms with Crippen molar-refractivity contribution in [2.45, 2.75) is 25.8 Å². The number of nitrogens with one attached hydrogen (secondary N) is 1. The summed E-state index contributed by atoms with van der Waals surface area (Å²) < 4.78 is 0. The number of hydrogen-bond acceptors (Lipinski definition) is 4. The molecule has 0 saturated carbocycles. The van der Waals surface area contributed by atoms with Crippen LogP contribution in [0.15, 0.2) is 48.5 Å². The second kappa shape index (κ2) is 8.17. The molecule has 0 aliphatic carbocycles. The lowest BCUT2D eigenvalue weighted by Crippen LogP contribution is -2.43. The monoisotopic (exact) mass is 391 g/mol. The van der Waals surface area contributed by atoms with E-state index in [2.05, 4.69) is 29.3 Å². The van der Waals surface area contributed by atoms with Gasteiger partial charge in [0.25, 0.3) is 11.8 Å². The van der Waals surface area contributed by atoms with Gasteiger partial charge in [0.2, 0.25) is 5.91 Å². The molecule has 1 unspecified atom stereocenters. The highest BCUT2D eigenvalue weighted by Crippen LogP contribution is 2.27. The highest BCUT2D eigenvalue weighted by Gasteiger charge is 2.36. The summed E-state index contributed by atoms with van der Waals surface area (Å²) in [6.07, 6.45) is 2.32. The third-order valence-corrected chi connectivity index (χ3v) is 5.80. The van der Waals surface area contributed by atoms with E-state index in [0.29, 0.717) is 17.7 Å². The van der Waals surface area contributed by atoms with E-state index in [9.17, 15) is 14.4 Å². The van der Waals surface area contributed by atoms with Crippen molar-refractivity contribution in [3.8, 4) is 0 Å². The Morgan fingerprint density at radius 1 is 0.966 bits per heavy atom. The molecule has 1 saturated heterocycles. The van der Waals surface area contributed by atoms with E-state index in [0.717, 1.165) is 30.8 Å². The Morgan fingerprint density at radius 2 is 1.55 bits per heavy atom. The van der Waals surface area contributed by atoms with E-state index >= 15 is 0 Å². The third kappa shape index (κ3) is 3.80. The number of benzene rings is 2. The van der Waals surface area contributed by atoms with E-state index in [4.69, 9.17) is 0 Å². The number of carbonyl (C=O) groups is 3. The minimum absolute atomic E-state index is 0.0878. The molecule has 1 N–H and O–H groups in total. The maximum Gasteiger partial charge on any atom is 0.262 e. The van der Waals surface area contributed by atoms with E-state index in [1.54, 1.807) is 24.3 Å². The van der Waals surface area contributed by atoms with E-state index in [-0.39, 0.29) is 18.5 Å². The zero-order valence-electron chi connectivity index (χ0n) is 16.6. The molecule has 2 aliphatic rings. The van der Waals surface area contributed by atoms with Crippen LogP contribution in [0.3, 0.4) is 0 Å². The fourth-order valence-electron chi connectivity index (χ4n) is 4.24. The van der Waals surface area contributed by atoms with Crippen molar-refractivity contribution < 1.29 is 14.4 Å². The van der Waals surface area contributed by atoms with E-state index in [1.165, 1.54) is 11.1 Å². The van der Waals surface area contributed by atoms with Gasteiger partial charge in [-0.2, -0.15) is 0 Å². The first-order valence-electron chi connectivity index (χ1n) is 10.1. The summed E-state index contributed by atoms with van der Waals surface area (Å²) in [4.78, 5) is 41.0. The van der Waals surface area contributed by atoms with Crippen LogP contribution in [0, 0.1) is 6.92 Å². The third-order valence-electron chi connectivity index (χ3n) is 5.80. The molecular weight excluding hydrogens is 366 g/mol. The minimum Gasteiger partial charge on any atom is -0.353 e. The van der Waals surface area contributed by atoms with Gasteiger partial charge in [0.05, 0.1) is 17.2 Å². The Labute approximate surface area is 170 Å². The Morgan fingerprint density at radius 3 is 2.17 bits per heavy atom. The van der Waals surface area contributed by atoms with Crippen LogP contribution >= 0.6 is 0 Å². The number of amides is 3. The summed E-state index contributed by atoms with van der Waals surface area (Å²) in [7, 11) is 0. The van der Waals surface area contributed by atoms with Crippen molar-refractivity contribution in [1.29, 1.82) is 0 Å². The van der Waals surface area contributed by atoms with Crippen LogP contribution < -0.4 is 5.32 Å². The van der Waals surface area contributed by atoms with Crippen LogP contribution in [0.4, 0.5) is 0 Å². The molecule has 6 heteroatoms. The first kappa shape index (κ1) is 19.3. The van der Waals surface area contributed by atoms with Crippen molar-refractivity contribution in [3.63, 3.8) is 0 Å². The second-order valence-corrected chi connectivity index (χ2v) is 7.66. The minimum atomic E-state index is -0.407. The Bertz CT molecular complexity index is 915. The first-order chi connectivity index (χ1) is 14.1. The molecular formula is C23H25N3O3. The molecule has 6 nitrogen and oxygen atoms in total. The predicted octanol–water partition coefficient (Wildman–Crippen LogP) is 2.54. The number of nitrogens with zero attached hydrogens (tertiary/aromatic N) is 2. The van der Waals surface area contributed by atoms with Gasteiger partial charge in [0.15, 0.2) is 0 Å². The van der Waals surface area contributed by atoms with Crippen LogP contribution in [-0.2, 0) is 4.79 Å². The summed E-state index contributed by atoms with van der Waals surface area (Å²) >= 11 is 0. The standard InChI is InChI=1S/C23H25N3O3/c1-16-8-2-3-9-17(16)20(25-12-6-7-13-25)14-24-21(27)15-26-22(28)18-10-4-5-11-19(18)23(26)29/h2-5,8-11,20H,6-7,12-15H2,1H3,(H,24,27). The Kier molecular flexibility index (Phi) is 5.45. The zero-order valence-corrected chi connectivity index (χ0v) is 16.6. The van der Waals surface area contributed by atoms with E-state index in [1.807, 2.05) is 12.1 Å². The first-order valence-corrected chi connectivity index (χ1v) is 10.1. The normalized spacial score (nSPS) is 17.5. The smallest absolute Gasteiger partial charge is 0.262 e. The average molecular weight is 391 g/mol. The summed E-state index contributed by atoms with van der Waals surface area (Å²) in [6, 6.07) is 15.0. The quantitative estimate of drug-likeness (QED) is 0.769. The van der Waals surface area contributed by atoms with Crippen LogP contribution in [0.1, 0.15) is 50.7 Å². The molecule has 0 aromatic heterocycles. The van der Waals surface area contributed by atoms with Gasteiger partial charge in [-0.05, 0) is 56.1 Å². The molecule has 1 atom stereocenters. The molecule has 150 valence electrons. The van der Waals surface area contributed by atoms with Gasteiger partial charge in [-0.15, -0.1) is 0 Å². The van der Waals surface area contributed by atoms with Crippen molar-refractivity contribution in [2.75, 3.05) is 26.2 Å². The Balaban J connectivity index is 1.43. The maximum atomic E-state index is 12.6.